The van der Waals surface area contributed by atoms with Crippen LogP contribution in [0, 0.1) is 12.7 Å². The van der Waals surface area contributed by atoms with Crippen LogP contribution < -0.4 is 15.6 Å². The normalized spacial score (nSPS) is 10.5. The molecular formula is C24H23FN2O5. The molecule has 0 saturated heterocycles. The largest absolute Gasteiger partial charge is 0.496 e. The second-order valence-corrected chi connectivity index (χ2v) is 7.02. The molecule has 7 nitrogen and oxygen atoms in total. The predicted molar refractivity (Wildman–Crippen MR) is 118 cm³/mol. The first-order valence-corrected chi connectivity index (χ1v) is 9.94. The number of hydrogen-bond acceptors (Lipinski definition) is 5. The highest BCUT2D eigenvalue weighted by Crippen LogP contribution is 2.29. The van der Waals surface area contributed by atoms with Gasteiger partial charge in [0.05, 0.1) is 25.0 Å². The maximum absolute atomic E-state index is 13.6. The van der Waals surface area contributed by atoms with E-state index in [0.717, 1.165) is 15.7 Å². The van der Waals surface area contributed by atoms with Gasteiger partial charge in [-0.2, -0.15) is 0 Å². The van der Waals surface area contributed by atoms with Crippen molar-refractivity contribution in [2.75, 3.05) is 19.0 Å². The number of hydrogen-bond donors (Lipinski definition) is 1. The molecule has 0 unspecified atom stereocenters. The van der Waals surface area contributed by atoms with Gasteiger partial charge in [-0.3, -0.25) is 14.4 Å². The van der Waals surface area contributed by atoms with Crippen molar-refractivity contribution >= 4 is 17.6 Å². The van der Waals surface area contributed by atoms with E-state index in [1.165, 1.54) is 31.5 Å². The molecule has 0 bridgehead atoms. The smallest absolute Gasteiger partial charge is 0.326 e. The fraction of sp³-hybridized carbons (Fsp3) is 0.208. The summed E-state index contributed by atoms with van der Waals surface area (Å²) in [6.45, 7) is 3.30. The number of benzene rings is 2. The molecule has 1 heterocycles. The van der Waals surface area contributed by atoms with E-state index < -0.39 is 17.4 Å². The number of rotatable bonds is 7. The van der Waals surface area contributed by atoms with Crippen LogP contribution in [0.4, 0.5) is 10.1 Å². The molecule has 166 valence electrons. The number of pyridine rings is 1. The van der Waals surface area contributed by atoms with Crippen molar-refractivity contribution in [1.29, 1.82) is 0 Å². The molecule has 0 aliphatic carbocycles. The lowest BCUT2D eigenvalue weighted by Crippen LogP contribution is -2.25. The van der Waals surface area contributed by atoms with Crippen LogP contribution in [0.15, 0.2) is 59.5 Å². The molecule has 0 spiro atoms. The van der Waals surface area contributed by atoms with Gasteiger partial charge in [0.2, 0.25) is 0 Å². The van der Waals surface area contributed by atoms with Crippen LogP contribution in [0.3, 0.4) is 0 Å². The van der Waals surface area contributed by atoms with Gasteiger partial charge >= 0.3 is 5.97 Å². The first-order valence-electron chi connectivity index (χ1n) is 9.94. The molecule has 1 aromatic heterocycles. The van der Waals surface area contributed by atoms with E-state index in [2.05, 4.69) is 5.32 Å². The molecule has 0 aliphatic rings. The Hall–Kier alpha value is -3.94. The zero-order valence-electron chi connectivity index (χ0n) is 18.0. The third kappa shape index (κ3) is 5.21. The number of nitrogens with one attached hydrogen (secondary N) is 1. The van der Waals surface area contributed by atoms with Crippen molar-refractivity contribution in [1.82, 2.24) is 4.57 Å². The molecule has 3 aromatic rings. The highest BCUT2D eigenvalue weighted by Gasteiger charge is 2.15. The molecule has 32 heavy (non-hydrogen) atoms. The highest BCUT2D eigenvalue weighted by atomic mass is 19.1. The Morgan fingerprint density at radius 2 is 1.78 bits per heavy atom. The van der Waals surface area contributed by atoms with Gasteiger partial charge < -0.3 is 19.4 Å². The topological polar surface area (TPSA) is 86.6 Å². The van der Waals surface area contributed by atoms with Gasteiger partial charge in [-0.05, 0) is 60.9 Å². The first-order chi connectivity index (χ1) is 15.3. The van der Waals surface area contributed by atoms with Crippen LogP contribution >= 0.6 is 0 Å². The number of esters is 1. The van der Waals surface area contributed by atoms with E-state index in [1.807, 2.05) is 0 Å². The fourth-order valence-corrected chi connectivity index (χ4v) is 3.16. The Bertz CT molecular complexity index is 1220. The summed E-state index contributed by atoms with van der Waals surface area (Å²) in [7, 11) is 1.45. The maximum atomic E-state index is 13.6. The lowest BCUT2D eigenvalue weighted by molar-refractivity contribution is -0.143. The molecule has 0 fully saturated rings. The summed E-state index contributed by atoms with van der Waals surface area (Å²) in [6.07, 6.45) is 1.37. The van der Waals surface area contributed by atoms with Gasteiger partial charge in [-0.25, -0.2) is 4.39 Å². The zero-order chi connectivity index (χ0) is 23.3. The van der Waals surface area contributed by atoms with Crippen LogP contribution in [0.1, 0.15) is 22.8 Å². The Morgan fingerprint density at radius 1 is 1.06 bits per heavy atom. The lowest BCUT2D eigenvalue weighted by atomic mass is 10.0. The van der Waals surface area contributed by atoms with E-state index >= 15 is 0 Å². The van der Waals surface area contributed by atoms with E-state index in [1.54, 1.807) is 44.2 Å². The minimum Gasteiger partial charge on any atom is -0.496 e. The standard InChI is InChI=1S/C24H23FN2O5/c1-4-32-23(29)14-27-13-18(7-10-22(27)28)26-24(30)19-8-5-17(12-21(19)31-3)16-6-9-20(25)15(2)11-16/h5-13H,4,14H2,1-3H3,(H,26,30). The molecule has 0 aliphatic heterocycles. The van der Waals surface area contributed by atoms with E-state index in [-0.39, 0.29) is 24.5 Å². The summed E-state index contributed by atoms with van der Waals surface area (Å²) in [5, 5.41) is 2.70. The van der Waals surface area contributed by atoms with Gasteiger partial charge in [0.1, 0.15) is 18.1 Å². The fourth-order valence-electron chi connectivity index (χ4n) is 3.16. The van der Waals surface area contributed by atoms with Crippen molar-refractivity contribution in [2.24, 2.45) is 0 Å². The average Bonchev–Trinajstić information content (AvgIpc) is 2.77. The van der Waals surface area contributed by atoms with E-state index in [0.29, 0.717) is 17.0 Å². The van der Waals surface area contributed by atoms with Crippen molar-refractivity contribution in [2.45, 2.75) is 20.4 Å². The minimum absolute atomic E-state index is 0.206. The van der Waals surface area contributed by atoms with Crippen LogP contribution in [-0.4, -0.2) is 30.2 Å². The molecule has 3 rings (SSSR count). The second-order valence-electron chi connectivity index (χ2n) is 7.02. The maximum Gasteiger partial charge on any atom is 0.326 e. The highest BCUT2D eigenvalue weighted by molar-refractivity contribution is 6.06. The molecule has 0 saturated carbocycles. The molecule has 0 radical (unpaired) electrons. The number of methoxy groups -OCH3 is 1. The average molecular weight is 438 g/mol. The van der Waals surface area contributed by atoms with Crippen LogP contribution in [0.25, 0.3) is 11.1 Å². The molecular weight excluding hydrogens is 415 g/mol. The second kappa shape index (κ2) is 9.91. The monoisotopic (exact) mass is 438 g/mol. The molecule has 1 N–H and O–H groups in total. The summed E-state index contributed by atoms with van der Waals surface area (Å²) in [5.74, 6) is -0.959. The van der Waals surface area contributed by atoms with Crippen LogP contribution in [-0.2, 0) is 16.1 Å². The Morgan fingerprint density at radius 3 is 2.47 bits per heavy atom. The van der Waals surface area contributed by atoms with Crippen molar-refractivity contribution in [3.8, 4) is 16.9 Å². The first kappa shape index (κ1) is 22.7. The van der Waals surface area contributed by atoms with Crippen molar-refractivity contribution in [3.05, 3.63) is 82.0 Å². The quantitative estimate of drug-likeness (QED) is 0.568. The number of aromatic nitrogens is 1. The number of anilines is 1. The number of halogens is 1. The number of amides is 1. The van der Waals surface area contributed by atoms with Gasteiger partial charge in [-0.15, -0.1) is 0 Å². The van der Waals surface area contributed by atoms with Gasteiger partial charge in [0, 0.05) is 12.3 Å². The van der Waals surface area contributed by atoms with E-state index in [4.69, 9.17) is 9.47 Å². The zero-order valence-corrected chi connectivity index (χ0v) is 18.0. The summed E-state index contributed by atoms with van der Waals surface area (Å²) in [4.78, 5) is 36.5. The number of carbonyl (C=O) groups is 2. The van der Waals surface area contributed by atoms with Crippen LogP contribution in [0.2, 0.25) is 0 Å². The van der Waals surface area contributed by atoms with Gasteiger partial charge in [0.25, 0.3) is 11.5 Å². The van der Waals surface area contributed by atoms with Crippen molar-refractivity contribution in [3.63, 3.8) is 0 Å². The molecule has 1 amide bonds. The van der Waals surface area contributed by atoms with Gasteiger partial charge in [0.15, 0.2) is 0 Å². The molecule has 2 aromatic carbocycles. The third-order valence-electron chi connectivity index (χ3n) is 4.78. The Balaban J connectivity index is 1.84. The molecule has 0 atom stereocenters. The number of ether oxygens (including phenoxy) is 2. The van der Waals surface area contributed by atoms with Gasteiger partial charge in [-0.1, -0.05) is 12.1 Å². The third-order valence-corrected chi connectivity index (χ3v) is 4.78. The number of nitrogens with zero attached hydrogens (tertiary/aromatic N) is 1. The summed E-state index contributed by atoms with van der Waals surface area (Å²) in [6, 6.07) is 12.5. The van der Waals surface area contributed by atoms with Crippen LogP contribution in [0.5, 0.6) is 5.75 Å². The van der Waals surface area contributed by atoms with Crippen molar-refractivity contribution < 1.29 is 23.5 Å². The lowest BCUT2D eigenvalue weighted by Gasteiger charge is -2.13. The number of carbonyl (C=O) groups excluding carboxylic acids is 2. The Kier molecular flexibility index (Phi) is 7.04. The Labute approximate surface area is 184 Å². The summed E-state index contributed by atoms with van der Waals surface area (Å²) < 4.78 is 25.0. The molecule has 8 heteroatoms. The predicted octanol–water partition coefficient (Wildman–Crippen LogP) is 3.79. The SMILES string of the molecule is CCOC(=O)Cn1cc(NC(=O)c2ccc(-c3ccc(F)c(C)c3)cc2OC)ccc1=O. The minimum atomic E-state index is -0.550. The number of aryl methyl sites for hydroxylation is 1. The summed E-state index contributed by atoms with van der Waals surface area (Å²) >= 11 is 0. The summed E-state index contributed by atoms with van der Waals surface area (Å²) in [5.41, 5.74) is 2.29. The van der Waals surface area contributed by atoms with E-state index in [9.17, 15) is 18.8 Å².